The van der Waals surface area contributed by atoms with Crippen molar-refractivity contribution < 1.29 is 0 Å². The largest absolute Gasteiger partial charge is 0.313 e. The molecule has 0 saturated carbocycles. The Kier molecular flexibility index (Phi) is 4.84. The highest BCUT2D eigenvalue weighted by Crippen LogP contribution is 2.23. The molecule has 4 heteroatoms. The van der Waals surface area contributed by atoms with E-state index in [2.05, 4.69) is 37.3 Å². The van der Waals surface area contributed by atoms with Crippen molar-refractivity contribution in [2.75, 3.05) is 6.54 Å². The first kappa shape index (κ1) is 15.1. The highest BCUT2D eigenvalue weighted by molar-refractivity contribution is 6.30. The van der Waals surface area contributed by atoms with Crippen LogP contribution < -0.4 is 5.32 Å². The molecule has 0 amide bonds. The molecule has 2 rings (SSSR count). The first-order valence-corrected chi connectivity index (χ1v) is 7.44. The Bertz CT molecular complexity index is 602. The van der Waals surface area contributed by atoms with Gasteiger partial charge < -0.3 is 5.32 Å². The summed E-state index contributed by atoms with van der Waals surface area (Å²) in [6.07, 6.45) is 1.13. The third kappa shape index (κ3) is 3.05. The summed E-state index contributed by atoms with van der Waals surface area (Å²) < 4.78 is 2.00. The summed E-state index contributed by atoms with van der Waals surface area (Å²) in [5.41, 5.74) is 5.75. The minimum atomic E-state index is 0.740. The van der Waals surface area contributed by atoms with Gasteiger partial charge in [-0.1, -0.05) is 24.6 Å². The smallest absolute Gasteiger partial charge is 0.0708 e. The van der Waals surface area contributed by atoms with Crippen molar-refractivity contribution in [3.63, 3.8) is 0 Å². The van der Waals surface area contributed by atoms with Crippen molar-refractivity contribution in [2.24, 2.45) is 0 Å². The molecule has 0 unspecified atom stereocenters. The Morgan fingerprint density at radius 2 is 2.00 bits per heavy atom. The Morgan fingerprint density at radius 1 is 1.25 bits per heavy atom. The van der Waals surface area contributed by atoms with Gasteiger partial charge in [0, 0.05) is 17.3 Å². The summed E-state index contributed by atoms with van der Waals surface area (Å²) in [6.45, 7) is 10.3. The van der Waals surface area contributed by atoms with Crippen molar-refractivity contribution in [1.29, 1.82) is 0 Å². The summed E-state index contributed by atoms with van der Waals surface area (Å²) in [4.78, 5) is 0. The van der Waals surface area contributed by atoms with Gasteiger partial charge in [-0.05, 0) is 57.0 Å². The molecule has 1 aromatic carbocycles. The minimum Gasteiger partial charge on any atom is -0.313 e. The van der Waals surface area contributed by atoms with E-state index in [0.717, 1.165) is 35.9 Å². The molecule has 0 atom stereocenters. The predicted molar refractivity (Wildman–Crippen MR) is 84.8 cm³/mol. The van der Waals surface area contributed by atoms with Crippen LogP contribution >= 0.6 is 11.6 Å². The number of nitrogens with zero attached hydrogens (tertiary/aromatic N) is 2. The fraction of sp³-hybridized carbons (Fsp3) is 0.438. The molecule has 1 N–H and O–H groups in total. The number of aryl methyl sites for hydroxylation is 1. The molecule has 0 fully saturated rings. The lowest BCUT2D eigenvalue weighted by atomic mass is 10.1. The van der Waals surface area contributed by atoms with E-state index in [1.54, 1.807) is 0 Å². The number of benzene rings is 1. The van der Waals surface area contributed by atoms with E-state index in [1.807, 2.05) is 23.7 Å². The molecule has 0 aliphatic heterocycles. The lowest BCUT2D eigenvalue weighted by Crippen LogP contribution is -2.16. The number of aromatic nitrogens is 2. The van der Waals surface area contributed by atoms with Gasteiger partial charge in [-0.2, -0.15) is 5.10 Å². The molecule has 0 radical (unpaired) electrons. The molecule has 1 aromatic heterocycles. The van der Waals surface area contributed by atoms with Crippen molar-refractivity contribution in [2.45, 2.75) is 40.7 Å². The van der Waals surface area contributed by atoms with Crippen LogP contribution in [0.3, 0.4) is 0 Å². The van der Waals surface area contributed by atoms with E-state index in [4.69, 9.17) is 11.6 Å². The molecule has 0 aliphatic rings. The molecule has 3 nitrogen and oxygen atoms in total. The number of nitrogens with one attached hydrogen (secondary N) is 1. The molecule has 108 valence electrons. The van der Waals surface area contributed by atoms with Gasteiger partial charge in [-0.15, -0.1) is 0 Å². The SMILES string of the molecule is CCCNCc1ccc(Cl)cc1-n1nc(C)c(C)c1C. The summed E-state index contributed by atoms with van der Waals surface area (Å²) >= 11 is 6.17. The van der Waals surface area contributed by atoms with E-state index < -0.39 is 0 Å². The molecule has 0 bridgehead atoms. The molecular weight excluding hydrogens is 270 g/mol. The molecule has 2 aromatic rings. The Hall–Kier alpha value is -1.32. The fourth-order valence-electron chi connectivity index (χ4n) is 2.24. The average molecular weight is 292 g/mol. The van der Waals surface area contributed by atoms with Gasteiger partial charge in [-0.3, -0.25) is 0 Å². The standard InChI is InChI=1S/C16H22ClN3/c1-5-8-18-10-14-6-7-15(17)9-16(14)20-13(4)11(2)12(3)19-20/h6-7,9,18H,5,8,10H2,1-4H3. The van der Waals surface area contributed by atoms with Crippen LogP contribution in [0.15, 0.2) is 18.2 Å². The van der Waals surface area contributed by atoms with Crippen LogP contribution in [0.25, 0.3) is 5.69 Å². The van der Waals surface area contributed by atoms with E-state index in [-0.39, 0.29) is 0 Å². The van der Waals surface area contributed by atoms with Gasteiger partial charge in [0.15, 0.2) is 0 Å². The van der Waals surface area contributed by atoms with Crippen LogP contribution in [0.1, 0.15) is 35.9 Å². The summed E-state index contributed by atoms with van der Waals surface area (Å²) in [7, 11) is 0. The maximum absolute atomic E-state index is 6.17. The Labute approximate surface area is 126 Å². The first-order chi connectivity index (χ1) is 9.54. The molecule has 0 spiro atoms. The zero-order valence-corrected chi connectivity index (χ0v) is 13.4. The van der Waals surface area contributed by atoms with Crippen LogP contribution in [-0.4, -0.2) is 16.3 Å². The van der Waals surface area contributed by atoms with Crippen molar-refractivity contribution >= 4 is 11.6 Å². The molecule has 0 saturated heterocycles. The van der Waals surface area contributed by atoms with E-state index in [1.165, 1.54) is 16.8 Å². The zero-order valence-electron chi connectivity index (χ0n) is 12.6. The normalized spacial score (nSPS) is 11.1. The monoisotopic (exact) mass is 291 g/mol. The fourth-order valence-corrected chi connectivity index (χ4v) is 2.41. The number of hydrogen-bond donors (Lipinski definition) is 1. The first-order valence-electron chi connectivity index (χ1n) is 7.07. The lowest BCUT2D eigenvalue weighted by Gasteiger charge is -2.13. The van der Waals surface area contributed by atoms with Gasteiger partial charge in [0.25, 0.3) is 0 Å². The number of halogens is 1. The van der Waals surface area contributed by atoms with Crippen LogP contribution in [-0.2, 0) is 6.54 Å². The third-order valence-electron chi connectivity index (χ3n) is 3.67. The topological polar surface area (TPSA) is 29.9 Å². The quantitative estimate of drug-likeness (QED) is 0.845. The number of hydrogen-bond acceptors (Lipinski definition) is 2. The lowest BCUT2D eigenvalue weighted by molar-refractivity contribution is 0.669. The van der Waals surface area contributed by atoms with Crippen LogP contribution in [0, 0.1) is 20.8 Å². The van der Waals surface area contributed by atoms with Crippen molar-refractivity contribution in [3.8, 4) is 5.69 Å². The summed E-state index contributed by atoms with van der Waals surface area (Å²) in [5.74, 6) is 0. The second-order valence-corrected chi connectivity index (χ2v) is 5.59. The predicted octanol–water partition coefficient (Wildman–Crippen LogP) is 3.95. The Balaban J connectivity index is 2.43. The maximum Gasteiger partial charge on any atom is 0.0708 e. The average Bonchev–Trinajstić information content (AvgIpc) is 2.68. The third-order valence-corrected chi connectivity index (χ3v) is 3.91. The second-order valence-electron chi connectivity index (χ2n) is 5.16. The Morgan fingerprint density at radius 3 is 2.60 bits per heavy atom. The zero-order chi connectivity index (χ0) is 14.7. The summed E-state index contributed by atoms with van der Waals surface area (Å²) in [6, 6.07) is 6.00. The van der Waals surface area contributed by atoms with Crippen LogP contribution in [0.5, 0.6) is 0 Å². The van der Waals surface area contributed by atoms with Gasteiger partial charge in [-0.25, -0.2) is 4.68 Å². The van der Waals surface area contributed by atoms with Crippen LogP contribution in [0.2, 0.25) is 5.02 Å². The van der Waals surface area contributed by atoms with Crippen LogP contribution in [0.4, 0.5) is 0 Å². The van der Waals surface area contributed by atoms with Crippen molar-refractivity contribution in [1.82, 2.24) is 15.1 Å². The van der Waals surface area contributed by atoms with Crippen molar-refractivity contribution in [3.05, 3.63) is 45.7 Å². The highest BCUT2D eigenvalue weighted by atomic mass is 35.5. The van der Waals surface area contributed by atoms with Gasteiger partial charge in [0.2, 0.25) is 0 Å². The summed E-state index contributed by atoms with van der Waals surface area (Å²) in [5, 5.41) is 8.82. The molecule has 0 aliphatic carbocycles. The van der Waals surface area contributed by atoms with E-state index in [9.17, 15) is 0 Å². The van der Waals surface area contributed by atoms with Gasteiger partial charge >= 0.3 is 0 Å². The maximum atomic E-state index is 6.17. The number of rotatable bonds is 5. The molecular formula is C16H22ClN3. The van der Waals surface area contributed by atoms with E-state index in [0.29, 0.717) is 0 Å². The van der Waals surface area contributed by atoms with Gasteiger partial charge in [0.05, 0.1) is 11.4 Å². The minimum absolute atomic E-state index is 0.740. The van der Waals surface area contributed by atoms with Gasteiger partial charge in [0.1, 0.15) is 0 Å². The highest BCUT2D eigenvalue weighted by Gasteiger charge is 2.12. The molecule has 1 heterocycles. The second kappa shape index (κ2) is 6.42. The molecule has 20 heavy (non-hydrogen) atoms. The van der Waals surface area contributed by atoms with E-state index >= 15 is 0 Å².